The van der Waals surface area contributed by atoms with E-state index in [1.807, 2.05) is 0 Å². The third-order valence-electron chi connectivity index (χ3n) is 2.78. The van der Waals surface area contributed by atoms with Crippen LogP contribution >= 0.6 is 0 Å². The summed E-state index contributed by atoms with van der Waals surface area (Å²) < 4.78 is 38.7. The Hall–Kier alpha value is -1.82. The average molecular weight is 269 g/mol. The highest BCUT2D eigenvalue weighted by Gasteiger charge is 2.32. The first-order valence-electron chi connectivity index (χ1n) is 5.93. The van der Waals surface area contributed by atoms with Gasteiger partial charge in [-0.15, -0.1) is 0 Å². The van der Waals surface area contributed by atoms with Crippen molar-refractivity contribution in [1.29, 1.82) is 0 Å². The van der Waals surface area contributed by atoms with E-state index >= 15 is 0 Å². The normalized spacial score (nSPS) is 11.8. The monoisotopic (exact) mass is 269 g/mol. The summed E-state index contributed by atoms with van der Waals surface area (Å²) >= 11 is 0. The summed E-state index contributed by atoms with van der Waals surface area (Å²) in [6.07, 6.45) is -2.26. The second-order valence-electron chi connectivity index (χ2n) is 4.13. The SMILES string of the molecule is NCCCNc1nccc2c(C(F)(F)F)cccc12. The molecule has 3 N–H and O–H groups in total. The van der Waals surface area contributed by atoms with Gasteiger partial charge < -0.3 is 11.1 Å². The number of pyridine rings is 1. The van der Waals surface area contributed by atoms with Gasteiger partial charge >= 0.3 is 6.18 Å². The van der Waals surface area contributed by atoms with Crippen molar-refractivity contribution >= 4 is 16.6 Å². The molecule has 0 amide bonds. The predicted molar refractivity (Wildman–Crippen MR) is 68.9 cm³/mol. The minimum atomic E-state index is -4.37. The van der Waals surface area contributed by atoms with Crippen LogP contribution in [0.5, 0.6) is 0 Å². The lowest BCUT2D eigenvalue weighted by Crippen LogP contribution is -2.10. The molecule has 2 rings (SSSR count). The fraction of sp³-hybridized carbons (Fsp3) is 0.308. The van der Waals surface area contributed by atoms with E-state index in [0.29, 0.717) is 24.3 Å². The Morgan fingerprint density at radius 2 is 1.95 bits per heavy atom. The molecule has 0 saturated heterocycles. The van der Waals surface area contributed by atoms with Gasteiger partial charge in [0.1, 0.15) is 5.82 Å². The number of fused-ring (bicyclic) bond motifs is 1. The topological polar surface area (TPSA) is 50.9 Å². The van der Waals surface area contributed by atoms with Crippen molar-refractivity contribution < 1.29 is 13.2 Å². The van der Waals surface area contributed by atoms with E-state index in [2.05, 4.69) is 10.3 Å². The number of alkyl halides is 3. The molecule has 0 aliphatic rings. The molecule has 19 heavy (non-hydrogen) atoms. The first kappa shape index (κ1) is 13.6. The molecule has 0 atom stereocenters. The quantitative estimate of drug-likeness (QED) is 0.839. The maximum Gasteiger partial charge on any atom is 0.417 e. The molecule has 0 saturated carbocycles. The zero-order valence-corrected chi connectivity index (χ0v) is 10.2. The van der Waals surface area contributed by atoms with Gasteiger partial charge in [-0.2, -0.15) is 13.2 Å². The third kappa shape index (κ3) is 2.96. The fourth-order valence-electron chi connectivity index (χ4n) is 1.90. The molecular weight excluding hydrogens is 255 g/mol. The molecule has 0 bridgehead atoms. The number of hydrogen-bond acceptors (Lipinski definition) is 3. The first-order chi connectivity index (χ1) is 9.04. The predicted octanol–water partition coefficient (Wildman–Crippen LogP) is 3.01. The Morgan fingerprint density at radius 1 is 1.16 bits per heavy atom. The largest absolute Gasteiger partial charge is 0.417 e. The molecule has 0 fully saturated rings. The van der Waals surface area contributed by atoms with Gasteiger partial charge in [0.25, 0.3) is 0 Å². The standard InChI is InChI=1S/C13H14F3N3/c14-13(15,16)11-4-1-3-10-9(11)5-8-19-12(10)18-7-2-6-17/h1,3-5,8H,2,6-7,17H2,(H,18,19). The third-order valence-corrected chi connectivity index (χ3v) is 2.78. The van der Waals surface area contributed by atoms with Crippen molar-refractivity contribution in [2.75, 3.05) is 18.4 Å². The van der Waals surface area contributed by atoms with Gasteiger partial charge in [-0.25, -0.2) is 4.98 Å². The zero-order chi connectivity index (χ0) is 13.9. The number of nitrogens with zero attached hydrogens (tertiary/aromatic N) is 1. The van der Waals surface area contributed by atoms with Crippen molar-refractivity contribution in [3.8, 4) is 0 Å². The molecular formula is C13H14F3N3. The van der Waals surface area contributed by atoms with E-state index in [-0.39, 0.29) is 5.39 Å². The minimum absolute atomic E-state index is 0.153. The van der Waals surface area contributed by atoms with Gasteiger partial charge in [0.05, 0.1) is 5.56 Å². The van der Waals surface area contributed by atoms with Crippen LogP contribution in [-0.4, -0.2) is 18.1 Å². The van der Waals surface area contributed by atoms with Crippen LogP contribution in [0.1, 0.15) is 12.0 Å². The molecule has 0 spiro atoms. The van der Waals surface area contributed by atoms with Crippen LogP contribution in [0, 0.1) is 0 Å². The molecule has 1 aromatic carbocycles. The van der Waals surface area contributed by atoms with Crippen LogP contribution in [0.2, 0.25) is 0 Å². The lowest BCUT2D eigenvalue weighted by molar-refractivity contribution is -0.136. The summed E-state index contributed by atoms with van der Waals surface area (Å²) in [6, 6.07) is 5.47. The van der Waals surface area contributed by atoms with Gasteiger partial charge in [0.15, 0.2) is 0 Å². The first-order valence-corrected chi connectivity index (χ1v) is 5.93. The van der Waals surface area contributed by atoms with Crippen LogP contribution in [0.4, 0.5) is 19.0 Å². The summed E-state index contributed by atoms with van der Waals surface area (Å²) in [5, 5.41) is 3.63. The van der Waals surface area contributed by atoms with Gasteiger partial charge in [0.2, 0.25) is 0 Å². The highest BCUT2D eigenvalue weighted by molar-refractivity contribution is 5.94. The molecule has 6 heteroatoms. The number of anilines is 1. The maximum absolute atomic E-state index is 12.9. The number of hydrogen-bond donors (Lipinski definition) is 2. The molecule has 0 aliphatic heterocycles. The number of aromatic nitrogens is 1. The second kappa shape index (κ2) is 5.44. The number of halogens is 3. The zero-order valence-electron chi connectivity index (χ0n) is 10.2. The average Bonchev–Trinajstić information content (AvgIpc) is 2.37. The second-order valence-corrected chi connectivity index (χ2v) is 4.13. The molecule has 1 heterocycles. The van der Waals surface area contributed by atoms with Crippen LogP contribution in [0.25, 0.3) is 10.8 Å². The van der Waals surface area contributed by atoms with Crippen molar-refractivity contribution in [2.45, 2.75) is 12.6 Å². The van der Waals surface area contributed by atoms with Gasteiger partial charge in [-0.1, -0.05) is 12.1 Å². The van der Waals surface area contributed by atoms with Crippen molar-refractivity contribution in [2.24, 2.45) is 5.73 Å². The van der Waals surface area contributed by atoms with Gasteiger partial charge in [0, 0.05) is 18.1 Å². The van der Waals surface area contributed by atoms with Crippen LogP contribution in [0.3, 0.4) is 0 Å². The van der Waals surface area contributed by atoms with Crippen LogP contribution in [0.15, 0.2) is 30.5 Å². The van der Waals surface area contributed by atoms with Gasteiger partial charge in [-0.05, 0) is 30.5 Å². The molecule has 1 aromatic heterocycles. The Bertz CT molecular complexity index is 567. The van der Waals surface area contributed by atoms with E-state index in [9.17, 15) is 13.2 Å². The molecule has 0 aliphatic carbocycles. The van der Waals surface area contributed by atoms with E-state index in [1.165, 1.54) is 18.3 Å². The summed E-state index contributed by atoms with van der Waals surface area (Å²) in [5.74, 6) is 0.456. The summed E-state index contributed by atoms with van der Waals surface area (Å²) in [6.45, 7) is 1.10. The van der Waals surface area contributed by atoms with Crippen LogP contribution < -0.4 is 11.1 Å². The minimum Gasteiger partial charge on any atom is -0.370 e. The molecule has 0 radical (unpaired) electrons. The summed E-state index contributed by atoms with van der Waals surface area (Å²) in [7, 11) is 0. The number of nitrogens with one attached hydrogen (secondary N) is 1. The van der Waals surface area contributed by atoms with Crippen molar-refractivity contribution in [1.82, 2.24) is 4.98 Å². The van der Waals surface area contributed by atoms with Crippen molar-refractivity contribution in [3.05, 3.63) is 36.0 Å². The fourth-order valence-corrected chi connectivity index (χ4v) is 1.90. The van der Waals surface area contributed by atoms with E-state index in [1.54, 1.807) is 6.07 Å². The van der Waals surface area contributed by atoms with Crippen molar-refractivity contribution in [3.63, 3.8) is 0 Å². The number of nitrogens with two attached hydrogens (primary N) is 1. The highest BCUT2D eigenvalue weighted by atomic mass is 19.4. The highest BCUT2D eigenvalue weighted by Crippen LogP contribution is 2.36. The molecule has 102 valence electrons. The maximum atomic E-state index is 12.9. The summed E-state index contributed by atoms with van der Waals surface area (Å²) in [5.41, 5.74) is 4.73. The Labute approximate surface area is 108 Å². The molecule has 2 aromatic rings. The smallest absolute Gasteiger partial charge is 0.370 e. The Kier molecular flexibility index (Phi) is 3.90. The van der Waals surface area contributed by atoms with E-state index < -0.39 is 11.7 Å². The summed E-state index contributed by atoms with van der Waals surface area (Å²) in [4.78, 5) is 4.08. The lowest BCUT2D eigenvalue weighted by Gasteiger charge is -2.13. The Morgan fingerprint density at radius 3 is 2.63 bits per heavy atom. The lowest BCUT2D eigenvalue weighted by atomic mass is 10.1. The molecule has 0 unspecified atom stereocenters. The van der Waals surface area contributed by atoms with Gasteiger partial charge in [-0.3, -0.25) is 0 Å². The van der Waals surface area contributed by atoms with E-state index in [0.717, 1.165) is 12.5 Å². The Balaban J connectivity index is 2.46. The number of rotatable bonds is 4. The van der Waals surface area contributed by atoms with E-state index in [4.69, 9.17) is 5.73 Å². The number of benzene rings is 1. The van der Waals surface area contributed by atoms with Crippen LogP contribution in [-0.2, 0) is 6.18 Å². The molecule has 3 nitrogen and oxygen atoms in total.